The summed E-state index contributed by atoms with van der Waals surface area (Å²) in [5.74, 6) is -0.169. The summed E-state index contributed by atoms with van der Waals surface area (Å²) in [5, 5.41) is 0. The van der Waals surface area contributed by atoms with Crippen LogP contribution in [-0.4, -0.2) is 5.71 Å². The molecule has 0 fully saturated rings. The van der Waals surface area contributed by atoms with Crippen molar-refractivity contribution < 1.29 is 4.39 Å². The van der Waals surface area contributed by atoms with Crippen molar-refractivity contribution in [2.45, 2.75) is 26.7 Å². The van der Waals surface area contributed by atoms with Gasteiger partial charge in [0, 0.05) is 17.7 Å². The van der Waals surface area contributed by atoms with Crippen molar-refractivity contribution in [2.75, 3.05) is 0 Å². The lowest BCUT2D eigenvalue weighted by atomic mass is 9.97. The molecule has 0 amide bonds. The molecule has 2 aromatic rings. The molecule has 0 atom stereocenters. The molecule has 0 saturated carbocycles. The molecule has 2 heteroatoms. The predicted octanol–water partition coefficient (Wildman–Crippen LogP) is 4.84. The van der Waals surface area contributed by atoms with Gasteiger partial charge in [-0.15, -0.1) is 0 Å². The van der Waals surface area contributed by atoms with E-state index >= 15 is 0 Å². The minimum absolute atomic E-state index is 0.169. The number of hydrogen-bond donors (Lipinski definition) is 0. The van der Waals surface area contributed by atoms with Crippen molar-refractivity contribution in [3.63, 3.8) is 0 Å². The van der Waals surface area contributed by atoms with Gasteiger partial charge in [-0.3, -0.25) is 4.99 Å². The SMILES string of the molecule is CCC1=Nc2cc(-c3c(C)cccc3F)ccc2C1. The van der Waals surface area contributed by atoms with Gasteiger partial charge in [-0.05, 0) is 42.2 Å². The molecular weight excluding hydrogens is 237 g/mol. The third-order valence-corrected chi connectivity index (χ3v) is 3.68. The lowest BCUT2D eigenvalue weighted by Crippen LogP contribution is -1.93. The Morgan fingerprint density at radius 1 is 1.21 bits per heavy atom. The standard InChI is InChI=1S/C17H16FN/c1-3-14-9-12-7-8-13(10-16(12)19-14)17-11(2)5-4-6-15(17)18/h4-8,10H,3,9H2,1-2H3. The summed E-state index contributed by atoms with van der Waals surface area (Å²) in [6.45, 7) is 4.05. The lowest BCUT2D eigenvalue weighted by molar-refractivity contribution is 0.630. The van der Waals surface area contributed by atoms with Crippen LogP contribution in [0.2, 0.25) is 0 Å². The monoisotopic (exact) mass is 253 g/mol. The molecular formula is C17H16FN. The molecule has 1 nitrogen and oxygen atoms in total. The first-order valence-corrected chi connectivity index (χ1v) is 6.64. The summed E-state index contributed by atoms with van der Waals surface area (Å²) in [4.78, 5) is 4.61. The van der Waals surface area contributed by atoms with E-state index in [9.17, 15) is 4.39 Å². The molecule has 96 valence electrons. The highest BCUT2D eigenvalue weighted by Crippen LogP contribution is 2.34. The van der Waals surface area contributed by atoms with Gasteiger partial charge in [-0.2, -0.15) is 0 Å². The fraction of sp³-hybridized carbons (Fsp3) is 0.235. The van der Waals surface area contributed by atoms with E-state index in [0.717, 1.165) is 29.7 Å². The molecule has 1 aliphatic heterocycles. The summed E-state index contributed by atoms with van der Waals surface area (Å²) in [7, 11) is 0. The lowest BCUT2D eigenvalue weighted by Gasteiger charge is -2.08. The average molecular weight is 253 g/mol. The van der Waals surface area contributed by atoms with Crippen LogP contribution in [0.5, 0.6) is 0 Å². The number of halogens is 1. The number of nitrogens with zero attached hydrogens (tertiary/aromatic N) is 1. The van der Waals surface area contributed by atoms with E-state index in [2.05, 4.69) is 18.0 Å². The first kappa shape index (κ1) is 12.1. The largest absolute Gasteiger partial charge is 0.257 e. The Morgan fingerprint density at radius 2 is 2.05 bits per heavy atom. The Kier molecular flexibility index (Phi) is 2.94. The van der Waals surface area contributed by atoms with Gasteiger partial charge >= 0.3 is 0 Å². The Hall–Kier alpha value is -1.96. The van der Waals surface area contributed by atoms with Crippen molar-refractivity contribution in [3.8, 4) is 11.1 Å². The smallest absolute Gasteiger partial charge is 0.131 e. The fourth-order valence-corrected chi connectivity index (χ4v) is 2.60. The number of fused-ring (bicyclic) bond motifs is 1. The Labute approximate surface area is 112 Å². The van der Waals surface area contributed by atoms with Crippen LogP contribution in [0.3, 0.4) is 0 Å². The maximum Gasteiger partial charge on any atom is 0.131 e. The van der Waals surface area contributed by atoms with E-state index in [-0.39, 0.29) is 5.82 Å². The summed E-state index contributed by atoms with van der Waals surface area (Å²) in [6, 6.07) is 11.3. The topological polar surface area (TPSA) is 12.4 Å². The Bertz CT molecular complexity index is 651. The van der Waals surface area contributed by atoms with Crippen LogP contribution in [0.25, 0.3) is 11.1 Å². The molecule has 3 rings (SSSR count). The molecule has 1 aliphatic rings. The summed E-state index contributed by atoms with van der Waals surface area (Å²) < 4.78 is 14.0. The first-order valence-electron chi connectivity index (χ1n) is 6.64. The molecule has 0 unspecified atom stereocenters. The van der Waals surface area contributed by atoms with E-state index < -0.39 is 0 Å². The van der Waals surface area contributed by atoms with E-state index in [0.29, 0.717) is 5.56 Å². The van der Waals surface area contributed by atoms with Crippen LogP contribution < -0.4 is 0 Å². The molecule has 0 N–H and O–H groups in total. The molecule has 0 aliphatic carbocycles. The third-order valence-electron chi connectivity index (χ3n) is 3.68. The van der Waals surface area contributed by atoms with Gasteiger partial charge in [0.1, 0.15) is 5.82 Å². The molecule has 2 aromatic carbocycles. The van der Waals surface area contributed by atoms with E-state index in [1.807, 2.05) is 25.1 Å². The van der Waals surface area contributed by atoms with Crippen LogP contribution >= 0.6 is 0 Å². The summed E-state index contributed by atoms with van der Waals surface area (Å²) in [6.07, 6.45) is 1.91. The molecule has 19 heavy (non-hydrogen) atoms. The van der Waals surface area contributed by atoms with Crippen molar-refractivity contribution in [1.29, 1.82) is 0 Å². The molecule has 0 spiro atoms. The van der Waals surface area contributed by atoms with Gasteiger partial charge in [-0.1, -0.05) is 31.2 Å². The molecule has 1 heterocycles. The Balaban J connectivity index is 2.11. The zero-order valence-electron chi connectivity index (χ0n) is 11.2. The van der Waals surface area contributed by atoms with Gasteiger partial charge in [-0.25, -0.2) is 4.39 Å². The van der Waals surface area contributed by atoms with Gasteiger partial charge in [0.05, 0.1) is 5.69 Å². The van der Waals surface area contributed by atoms with Crippen molar-refractivity contribution in [1.82, 2.24) is 0 Å². The normalized spacial score (nSPS) is 13.3. The zero-order valence-corrected chi connectivity index (χ0v) is 11.2. The maximum absolute atomic E-state index is 14.0. The first-order chi connectivity index (χ1) is 9.19. The summed E-state index contributed by atoms with van der Waals surface area (Å²) in [5.41, 5.74) is 6.00. The quantitative estimate of drug-likeness (QED) is 0.726. The molecule has 0 bridgehead atoms. The van der Waals surface area contributed by atoms with Gasteiger partial charge < -0.3 is 0 Å². The van der Waals surface area contributed by atoms with Crippen LogP contribution in [0.15, 0.2) is 41.4 Å². The highest BCUT2D eigenvalue weighted by Gasteiger charge is 2.15. The van der Waals surface area contributed by atoms with Crippen LogP contribution in [0.1, 0.15) is 24.5 Å². The maximum atomic E-state index is 14.0. The number of benzene rings is 2. The van der Waals surface area contributed by atoms with Crippen LogP contribution in [-0.2, 0) is 6.42 Å². The van der Waals surface area contributed by atoms with Gasteiger partial charge in [0.25, 0.3) is 0 Å². The molecule has 0 saturated heterocycles. The van der Waals surface area contributed by atoms with Gasteiger partial charge in [0.15, 0.2) is 0 Å². The van der Waals surface area contributed by atoms with Crippen molar-refractivity contribution >= 4 is 11.4 Å². The predicted molar refractivity (Wildman–Crippen MR) is 77.7 cm³/mol. The highest BCUT2D eigenvalue weighted by atomic mass is 19.1. The highest BCUT2D eigenvalue weighted by molar-refractivity contribution is 5.94. The van der Waals surface area contributed by atoms with E-state index in [1.165, 1.54) is 17.3 Å². The van der Waals surface area contributed by atoms with Gasteiger partial charge in [0.2, 0.25) is 0 Å². The number of aliphatic imine (C=N–C) groups is 1. The Morgan fingerprint density at radius 3 is 2.79 bits per heavy atom. The second-order valence-corrected chi connectivity index (χ2v) is 4.98. The van der Waals surface area contributed by atoms with Crippen molar-refractivity contribution in [2.24, 2.45) is 4.99 Å². The zero-order chi connectivity index (χ0) is 13.4. The van der Waals surface area contributed by atoms with Crippen LogP contribution in [0, 0.1) is 12.7 Å². The second-order valence-electron chi connectivity index (χ2n) is 4.98. The summed E-state index contributed by atoms with van der Waals surface area (Å²) >= 11 is 0. The minimum atomic E-state index is -0.169. The van der Waals surface area contributed by atoms with Crippen LogP contribution in [0.4, 0.5) is 10.1 Å². The van der Waals surface area contributed by atoms with E-state index in [1.54, 1.807) is 6.07 Å². The molecule has 0 aromatic heterocycles. The second kappa shape index (κ2) is 4.61. The van der Waals surface area contributed by atoms with Crippen molar-refractivity contribution in [3.05, 3.63) is 53.3 Å². The fourth-order valence-electron chi connectivity index (χ4n) is 2.60. The number of rotatable bonds is 2. The average Bonchev–Trinajstić information content (AvgIpc) is 2.80. The minimum Gasteiger partial charge on any atom is -0.257 e. The van der Waals surface area contributed by atoms with E-state index in [4.69, 9.17) is 0 Å². The third kappa shape index (κ3) is 2.07. The number of aryl methyl sites for hydroxylation is 1. The number of hydrogen-bond acceptors (Lipinski definition) is 1. The molecule has 0 radical (unpaired) electrons.